The Morgan fingerprint density at radius 3 is 2.50 bits per heavy atom. The molecule has 126 valence electrons. The van der Waals surface area contributed by atoms with E-state index in [1.165, 1.54) is 22.2 Å². The van der Waals surface area contributed by atoms with Crippen molar-refractivity contribution < 1.29 is 9.59 Å². The van der Waals surface area contributed by atoms with Crippen molar-refractivity contribution in [2.24, 2.45) is 0 Å². The van der Waals surface area contributed by atoms with Gasteiger partial charge in [-0.3, -0.25) is 9.59 Å². The van der Waals surface area contributed by atoms with E-state index in [1.807, 2.05) is 30.3 Å². The smallest absolute Gasteiger partial charge is 0.253 e. The van der Waals surface area contributed by atoms with Gasteiger partial charge in [-0.15, -0.1) is 11.8 Å². The molecule has 0 atom stereocenters. The van der Waals surface area contributed by atoms with Crippen molar-refractivity contribution in [2.75, 3.05) is 25.2 Å². The van der Waals surface area contributed by atoms with E-state index < -0.39 is 0 Å². The van der Waals surface area contributed by atoms with Crippen molar-refractivity contribution >= 4 is 40.9 Å². The number of hydrogen-bond donors (Lipinski definition) is 1. The molecule has 0 bridgehead atoms. The molecular formula is C18H19ClN2O2S. The van der Waals surface area contributed by atoms with Crippen LogP contribution in [0.25, 0.3) is 0 Å². The highest BCUT2D eigenvalue weighted by Crippen LogP contribution is 2.24. The Balaban J connectivity index is 1.93. The fourth-order valence-corrected chi connectivity index (χ4v) is 2.99. The van der Waals surface area contributed by atoms with Crippen LogP contribution in [0.15, 0.2) is 48.5 Å². The molecule has 0 saturated heterocycles. The fourth-order valence-electron chi connectivity index (χ4n) is 2.03. The first-order chi connectivity index (χ1) is 11.5. The van der Waals surface area contributed by atoms with Gasteiger partial charge in [0.15, 0.2) is 0 Å². The zero-order valence-electron chi connectivity index (χ0n) is 13.6. The van der Waals surface area contributed by atoms with E-state index in [1.54, 1.807) is 32.3 Å². The number of nitrogens with one attached hydrogen (secondary N) is 1. The van der Waals surface area contributed by atoms with E-state index in [0.717, 1.165) is 5.75 Å². The number of benzene rings is 2. The zero-order valence-corrected chi connectivity index (χ0v) is 15.2. The highest BCUT2D eigenvalue weighted by atomic mass is 35.5. The Labute approximate surface area is 151 Å². The van der Waals surface area contributed by atoms with Crippen molar-refractivity contribution in [3.63, 3.8) is 0 Å². The molecule has 6 heteroatoms. The normalized spacial score (nSPS) is 10.3. The molecule has 2 rings (SSSR count). The lowest BCUT2D eigenvalue weighted by molar-refractivity contribution is -0.113. The molecule has 0 aliphatic rings. The third kappa shape index (κ3) is 5.28. The van der Waals surface area contributed by atoms with Gasteiger partial charge in [-0.1, -0.05) is 41.9 Å². The molecule has 24 heavy (non-hydrogen) atoms. The number of anilines is 1. The average molecular weight is 363 g/mol. The molecule has 2 aromatic carbocycles. The average Bonchev–Trinajstić information content (AvgIpc) is 2.57. The third-order valence-electron chi connectivity index (χ3n) is 3.24. The molecule has 0 saturated carbocycles. The summed E-state index contributed by atoms with van der Waals surface area (Å²) < 4.78 is 0. The van der Waals surface area contributed by atoms with E-state index in [0.29, 0.717) is 22.0 Å². The molecule has 0 aliphatic heterocycles. The van der Waals surface area contributed by atoms with Gasteiger partial charge in [0.05, 0.1) is 16.5 Å². The van der Waals surface area contributed by atoms with Crippen molar-refractivity contribution in [3.8, 4) is 0 Å². The summed E-state index contributed by atoms with van der Waals surface area (Å²) in [6, 6.07) is 14.8. The van der Waals surface area contributed by atoms with Crippen LogP contribution in [-0.2, 0) is 10.5 Å². The Morgan fingerprint density at radius 2 is 1.83 bits per heavy atom. The van der Waals surface area contributed by atoms with Crippen LogP contribution < -0.4 is 5.32 Å². The van der Waals surface area contributed by atoms with Crippen LogP contribution in [-0.4, -0.2) is 36.6 Å². The molecule has 0 aromatic heterocycles. The molecule has 0 aliphatic carbocycles. The van der Waals surface area contributed by atoms with Gasteiger partial charge >= 0.3 is 0 Å². The summed E-state index contributed by atoms with van der Waals surface area (Å²) in [6.07, 6.45) is 0. The van der Waals surface area contributed by atoms with E-state index >= 15 is 0 Å². The molecule has 0 spiro atoms. The first-order valence-corrected chi connectivity index (χ1v) is 8.93. The number of carbonyl (C=O) groups is 2. The van der Waals surface area contributed by atoms with Crippen LogP contribution in [0, 0.1) is 0 Å². The third-order valence-corrected chi connectivity index (χ3v) is 4.57. The summed E-state index contributed by atoms with van der Waals surface area (Å²) >= 11 is 7.63. The van der Waals surface area contributed by atoms with Gasteiger partial charge < -0.3 is 10.2 Å². The van der Waals surface area contributed by atoms with Gasteiger partial charge in [0.1, 0.15) is 0 Å². The van der Waals surface area contributed by atoms with Crippen molar-refractivity contribution in [1.29, 1.82) is 0 Å². The molecule has 0 heterocycles. The van der Waals surface area contributed by atoms with Gasteiger partial charge in [0.25, 0.3) is 5.91 Å². The number of nitrogens with zero attached hydrogens (tertiary/aromatic N) is 1. The van der Waals surface area contributed by atoms with Gasteiger partial charge in [0.2, 0.25) is 5.91 Å². The lowest BCUT2D eigenvalue weighted by atomic mass is 10.2. The van der Waals surface area contributed by atoms with E-state index in [-0.39, 0.29) is 11.8 Å². The lowest BCUT2D eigenvalue weighted by Gasteiger charge is -2.13. The van der Waals surface area contributed by atoms with Crippen LogP contribution in [0.1, 0.15) is 15.9 Å². The van der Waals surface area contributed by atoms with Crippen LogP contribution in [0.5, 0.6) is 0 Å². The minimum atomic E-state index is -0.146. The molecule has 4 nitrogen and oxygen atoms in total. The molecule has 0 fully saturated rings. The number of carbonyl (C=O) groups excluding carboxylic acids is 2. The van der Waals surface area contributed by atoms with Crippen molar-refractivity contribution in [3.05, 3.63) is 64.7 Å². The molecular weight excluding hydrogens is 344 g/mol. The monoisotopic (exact) mass is 362 g/mol. The number of halogens is 1. The first kappa shape index (κ1) is 18.4. The van der Waals surface area contributed by atoms with Crippen LogP contribution >= 0.6 is 23.4 Å². The quantitative estimate of drug-likeness (QED) is 0.847. The number of hydrogen-bond acceptors (Lipinski definition) is 3. The van der Waals surface area contributed by atoms with Crippen LogP contribution in [0.3, 0.4) is 0 Å². The Hall–Kier alpha value is -1.98. The Morgan fingerprint density at radius 1 is 1.12 bits per heavy atom. The van der Waals surface area contributed by atoms with E-state index in [4.69, 9.17) is 11.6 Å². The van der Waals surface area contributed by atoms with Gasteiger partial charge in [-0.05, 0) is 23.8 Å². The number of amides is 2. The molecule has 0 radical (unpaired) electrons. The van der Waals surface area contributed by atoms with Gasteiger partial charge in [-0.25, -0.2) is 0 Å². The SMILES string of the molecule is CN(C)C(=O)c1ccc(Cl)c(NC(=O)CSCc2ccccc2)c1. The largest absolute Gasteiger partial charge is 0.345 e. The summed E-state index contributed by atoms with van der Waals surface area (Å²) in [4.78, 5) is 25.5. The predicted molar refractivity (Wildman–Crippen MR) is 101 cm³/mol. The van der Waals surface area contributed by atoms with Gasteiger partial charge in [0, 0.05) is 25.4 Å². The van der Waals surface area contributed by atoms with Crippen LogP contribution in [0.2, 0.25) is 5.02 Å². The zero-order chi connectivity index (χ0) is 17.5. The summed E-state index contributed by atoms with van der Waals surface area (Å²) in [7, 11) is 3.35. The second-order valence-electron chi connectivity index (χ2n) is 5.42. The second kappa shape index (κ2) is 8.76. The highest BCUT2D eigenvalue weighted by Gasteiger charge is 2.12. The Bertz CT molecular complexity index is 720. The topological polar surface area (TPSA) is 49.4 Å². The summed E-state index contributed by atoms with van der Waals surface area (Å²) in [5.41, 5.74) is 2.11. The standard InChI is InChI=1S/C18H19ClN2O2S/c1-21(2)18(23)14-8-9-15(19)16(10-14)20-17(22)12-24-11-13-6-4-3-5-7-13/h3-10H,11-12H2,1-2H3,(H,20,22). The maximum Gasteiger partial charge on any atom is 0.253 e. The van der Waals surface area contributed by atoms with Gasteiger partial charge in [-0.2, -0.15) is 0 Å². The maximum atomic E-state index is 12.1. The van der Waals surface area contributed by atoms with Crippen molar-refractivity contribution in [1.82, 2.24) is 4.90 Å². The predicted octanol–water partition coefficient (Wildman–Crippen LogP) is 3.91. The van der Waals surface area contributed by atoms with E-state index in [9.17, 15) is 9.59 Å². The van der Waals surface area contributed by atoms with E-state index in [2.05, 4.69) is 5.32 Å². The second-order valence-corrected chi connectivity index (χ2v) is 6.81. The first-order valence-electron chi connectivity index (χ1n) is 7.40. The molecule has 2 amide bonds. The number of rotatable bonds is 6. The fraction of sp³-hybridized carbons (Fsp3) is 0.222. The van der Waals surface area contributed by atoms with Crippen molar-refractivity contribution in [2.45, 2.75) is 5.75 Å². The summed E-state index contributed by atoms with van der Waals surface area (Å²) in [5.74, 6) is 0.797. The Kier molecular flexibility index (Phi) is 6.70. The summed E-state index contributed by atoms with van der Waals surface area (Å²) in [6.45, 7) is 0. The minimum absolute atomic E-state index is 0.138. The summed E-state index contributed by atoms with van der Waals surface area (Å²) in [5, 5.41) is 3.18. The highest BCUT2D eigenvalue weighted by molar-refractivity contribution is 7.99. The minimum Gasteiger partial charge on any atom is -0.345 e. The van der Waals surface area contributed by atoms with Crippen LogP contribution in [0.4, 0.5) is 5.69 Å². The molecule has 1 N–H and O–H groups in total. The molecule has 2 aromatic rings. The maximum absolute atomic E-state index is 12.1. The molecule has 0 unspecified atom stereocenters. The number of thioether (sulfide) groups is 1. The lowest BCUT2D eigenvalue weighted by Crippen LogP contribution is -2.22.